The smallest absolute Gasteiger partial charge is 0.186 e. The van der Waals surface area contributed by atoms with Gasteiger partial charge in [-0.1, -0.05) is 32.6 Å². The number of hydrogen-bond acceptors (Lipinski definition) is 13. The quantitative estimate of drug-likeness (QED) is 0.0884. The number of aliphatic hydroxyl groups is 8. The number of aliphatic hydroxyl groups excluding tert-OH is 8. The fraction of sp³-hybridized carbons (Fsp3) is 1.00. The molecule has 10 atom stereocenters. The summed E-state index contributed by atoms with van der Waals surface area (Å²) in [4.78, 5) is 0. The Bertz CT molecular complexity index is 497. The van der Waals surface area contributed by atoms with Gasteiger partial charge in [-0.2, -0.15) is 12.6 Å². The van der Waals surface area contributed by atoms with Crippen molar-refractivity contribution in [3.8, 4) is 0 Å². The molecule has 0 spiro atoms. The molecule has 0 aromatic rings. The van der Waals surface area contributed by atoms with E-state index in [9.17, 15) is 30.6 Å². The maximum absolute atomic E-state index is 9.68. The van der Waals surface area contributed by atoms with Gasteiger partial charge in [-0.15, -0.1) is 0 Å². The first kappa shape index (κ1) is 33.9. The second-order valence-corrected chi connectivity index (χ2v) is 9.43. The van der Waals surface area contributed by atoms with Crippen molar-refractivity contribution >= 4 is 12.6 Å². The van der Waals surface area contributed by atoms with Crippen molar-refractivity contribution in [2.24, 2.45) is 0 Å². The average Bonchev–Trinajstić information content (AvgIpc) is 2.88. The van der Waals surface area contributed by atoms with Crippen LogP contribution in [0.25, 0.3) is 0 Å². The largest absolute Gasteiger partial charge is 0.394 e. The Balaban J connectivity index is 0.000000360. The van der Waals surface area contributed by atoms with E-state index in [1.165, 1.54) is 0 Å². The van der Waals surface area contributed by atoms with E-state index in [2.05, 4.69) is 19.6 Å². The fourth-order valence-electron chi connectivity index (χ4n) is 3.73. The summed E-state index contributed by atoms with van der Waals surface area (Å²) < 4.78 is 21.0. The molecule has 0 radical (unpaired) electrons. The minimum atomic E-state index is -1.38. The lowest BCUT2D eigenvalue weighted by atomic mass is 9.99. The van der Waals surface area contributed by atoms with Gasteiger partial charge in [0.15, 0.2) is 12.6 Å². The van der Waals surface area contributed by atoms with Crippen LogP contribution < -0.4 is 0 Å². The molecule has 0 amide bonds. The molecule has 13 heteroatoms. The Kier molecular flexibility index (Phi) is 17.9. The maximum Gasteiger partial charge on any atom is 0.186 e. The average molecular weight is 547 g/mol. The first-order valence-corrected chi connectivity index (χ1v) is 13.3. The molecule has 36 heavy (non-hydrogen) atoms. The molecule has 8 N–H and O–H groups in total. The summed E-state index contributed by atoms with van der Waals surface area (Å²) in [7, 11) is 0. The minimum Gasteiger partial charge on any atom is -0.394 e. The summed E-state index contributed by atoms with van der Waals surface area (Å²) in [5.74, 6) is 0.819. The van der Waals surface area contributed by atoms with Crippen molar-refractivity contribution in [2.45, 2.75) is 113 Å². The van der Waals surface area contributed by atoms with Gasteiger partial charge in [0.25, 0.3) is 0 Å². The third-order valence-corrected chi connectivity index (χ3v) is 6.38. The molecule has 2 rings (SSSR count). The first-order valence-electron chi connectivity index (χ1n) is 12.7. The molecule has 2 aliphatic heterocycles. The van der Waals surface area contributed by atoms with E-state index < -0.39 is 74.6 Å². The number of thiol groups is 1. The predicted molar refractivity (Wildman–Crippen MR) is 131 cm³/mol. The van der Waals surface area contributed by atoms with Crippen LogP contribution in [0.4, 0.5) is 0 Å². The molecular weight excluding hydrogens is 500 g/mol. The normalized spacial score (nSPS) is 36.8. The SMILES string of the molecule is CCCCCCO[C@@H]1OC(CO)[C@@H](O)[C@H](O)C1O.OCC1O[C@H](OCCCCCS)C(O)[C@@H](O)[C@@H]1O. The van der Waals surface area contributed by atoms with Gasteiger partial charge in [-0.25, -0.2) is 0 Å². The van der Waals surface area contributed by atoms with E-state index in [1.54, 1.807) is 0 Å². The Morgan fingerprint density at radius 3 is 1.36 bits per heavy atom. The monoisotopic (exact) mass is 546 g/mol. The Morgan fingerprint density at radius 1 is 0.583 bits per heavy atom. The van der Waals surface area contributed by atoms with Gasteiger partial charge in [0.2, 0.25) is 0 Å². The zero-order chi connectivity index (χ0) is 27.1. The molecule has 0 saturated carbocycles. The van der Waals surface area contributed by atoms with E-state index in [1.807, 2.05) is 0 Å². The van der Waals surface area contributed by atoms with E-state index >= 15 is 0 Å². The maximum atomic E-state index is 9.68. The second-order valence-electron chi connectivity index (χ2n) is 8.98. The molecule has 12 nitrogen and oxygen atoms in total. The first-order chi connectivity index (χ1) is 17.2. The highest BCUT2D eigenvalue weighted by Crippen LogP contribution is 2.23. The van der Waals surface area contributed by atoms with Gasteiger partial charge >= 0.3 is 0 Å². The van der Waals surface area contributed by atoms with Crippen LogP contribution in [0, 0.1) is 0 Å². The zero-order valence-electron chi connectivity index (χ0n) is 20.9. The van der Waals surface area contributed by atoms with E-state index in [-0.39, 0.29) is 0 Å². The summed E-state index contributed by atoms with van der Waals surface area (Å²) >= 11 is 4.09. The van der Waals surface area contributed by atoms with Crippen LogP contribution >= 0.6 is 12.6 Å². The van der Waals surface area contributed by atoms with Crippen molar-refractivity contribution in [2.75, 3.05) is 32.2 Å². The second kappa shape index (κ2) is 19.0. The van der Waals surface area contributed by atoms with Crippen LogP contribution in [0.5, 0.6) is 0 Å². The van der Waals surface area contributed by atoms with E-state index in [0.29, 0.717) is 13.2 Å². The van der Waals surface area contributed by atoms with Crippen molar-refractivity contribution in [3.63, 3.8) is 0 Å². The summed E-state index contributed by atoms with van der Waals surface area (Å²) in [6, 6.07) is 0. The lowest BCUT2D eigenvalue weighted by Gasteiger charge is -2.39. The van der Waals surface area contributed by atoms with Gasteiger partial charge in [-0.05, 0) is 25.0 Å². The van der Waals surface area contributed by atoms with Crippen LogP contribution in [-0.4, -0.2) is 134 Å². The van der Waals surface area contributed by atoms with Gasteiger partial charge in [0.1, 0.15) is 48.8 Å². The Morgan fingerprint density at radius 2 is 1.00 bits per heavy atom. The number of rotatable bonds is 14. The Labute approximate surface area is 218 Å². The standard InChI is InChI=1S/C12H24O6.C11H22O6S/c1-2-3-4-5-6-17-12-11(16)10(15)9(14)8(7-13)18-12;12-6-7-8(13)9(14)10(15)11(17-7)16-4-2-1-3-5-18/h8-16H,2-7H2,1H3;7-15,18H,1-6H2/t8?,9-,10+,11?,12-;7?,8-,9+,10?,11+/m11/s1. The lowest BCUT2D eigenvalue weighted by molar-refractivity contribution is -0.301. The summed E-state index contributed by atoms with van der Waals surface area (Å²) in [5.41, 5.74) is 0. The molecule has 2 fully saturated rings. The van der Waals surface area contributed by atoms with Gasteiger partial charge in [-0.3, -0.25) is 0 Å². The van der Waals surface area contributed by atoms with Gasteiger partial charge in [0.05, 0.1) is 13.2 Å². The van der Waals surface area contributed by atoms with E-state index in [4.69, 9.17) is 29.2 Å². The molecule has 0 bridgehead atoms. The highest BCUT2D eigenvalue weighted by molar-refractivity contribution is 7.80. The third-order valence-electron chi connectivity index (χ3n) is 6.06. The highest BCUT2D eigenvalue weighted by Gasteiger charge is 2.44. The molecule has 0 aromatic carbocycles. The molecule has 0 aromatic heterocycles. The molecule has 2 aliphatic rings. The van der Waals surface area contributed by atoms with E-state index in [0.717, 1.165) is 50.7 Å². The predicted octanol–water partition coefficient (Wildman–Crippen LogP) is -1.71. The molecular formula is C23H46O12S. The van der Waals surface area contributed by atoms with Crippen LogP contribution in [0.2, 0.25) is 0 Å². The number of ether oxygens (including phenoxy) is 4. The minimum absolute atomic E-state index is 0.385. The molecule has 216 valence electrons. The van der Waals surface area contributed by atoms with Gasteiger partial charge in [0, 0.05) is 13.2 Å². The topological polar surface area (TPSA) is 199 Å². The molecule has 2 saturated heterocycles. The van der Waals surface area contributed by atoms with Crippen molar-refractivity contribution in [1.82, 2.24) is 0 Å². The van der Waals surface area contributed by atoms with Crippen LogP contribution in [0.15, 0.2) is 0 Å². The Hall–Kier alpha value is -0.130. The molecule has 2 heterocycles. The number of unbranched alkanes of at least 4 members (excludes halogenated alkanes) is 5. The van der Waals surface area contributed by atoms with Gasteiger partial charge < -0.3 is 59.8 Å². The zero-order valence-corrected chi connectivity index (χ0v) is 21.8. The molecule has 4 unspecified atom stereocenters. The van der Waals surface area contributed by atoms with Crippen molar-refractivity contribution in [1.29, 1.82) is 0 Å². The highest BCUT2D eigenvalue weighted by atomic mass is 32.1. The van der Waals surface area contributed by atoms with Crippen molar-refractivity contribution in [3.05, 3.63) is 0 Å². The summed E-state index contributed by atoms with van der Waals surface area (Å²) in [5, 5.41) is 75.5. The van der Waals surface area contributed by atoms with Crippen LogP contribution in [-0.2, 0) is 18.9 Å². The number of hydrogen-bond donors (Lipinski definition) is 9. The van der Waals surface area contributed by atoms with Crippen LogP contribution in [0.3, 0.4) is 0 Å². The molecule has 0 aliphatic carbocycles. The summed E-state index contributed by atoms with van der Waals surface area (Å²) in [6.45, 7) is 2.04. The fourth-order valence-corrected chi connectivity index (χ4v) is 3.95. The third kappa shape index (κ3) is 10.9. The van der Waals surface area contributed by atoms with Crippen molar-refractivity contribution < 1.29 is 59.8 Å². The van der Waals surface area contributed by atoms with Crippen LogP contribution in [0.1, 0.15) is 51.9 Å². The summed E-state index contributed by atoms with van der Waals surface area (Å²) in [6.07, 6.45) is -4.96. The lowest BCUT2D eigenvalue weighted by Crippen LogP contribution is -2.59.